The number of ether oxygens (including phenoxy) is 1. The summed E-state index contributed by atoms with van der Waals surface area (Å²) >= 11 is 6.79. The minimum Gasteiger partial charge on any atom is -0.426 e. The molecule has 1 aromatic heterocycles. The Morgan fingerprint density at radius 3 is 2.46 bits per heavy atom. The number of alkyl halides is 5. The fraction of sp³-hybridized carbons (Fsp3) is 0.281. The molecule has 252 valence electrons. The van der Waals surface area contributed by atoms with Gasteiger partial charge in [0, 0.05) is 11.6 Å². The van der Waals surface area contributed by atoms with E-state index in [4.69, 9.17) is 12.2 Å². The number of hydrogen-bond acceptors (Lipinski definition) is 7. The predicted molar refractivity (Wildman–Crippen MR) is 178 cm³/mol. The van der Waals surface area contributed by atoms with Crippen LogP contribution in [0.5, 0.6) is 5.75 Å². The standard InChI is InChI=1S/C32H30F5N7O2S2/c1-3-4-7-22-8-5-6-9-26(22)44-27(45)18-48-30(44)39-29(47)41-40-20(2)21-10-12-23(13-11-21)28-38-19-43(42-28)24-14-16-25(17-15-24)46-32(36,37)31(33,34)35/h5-6,8-17,19-20,40H,3-4,7,18H2,1-2H3,(H,41,47). The third-order valence-corrected chi connectivity index (χ3v) is 8.35. The Morgan fingerprint density at radius 1 is 1.06 bits per heavy atom. The number of anilines is 1. The molecule has 1 fully saturated rings. The molecule has 0 spiro atoms. The summed E-state index contributed by atoms with van der Waals surface area (Å²) in [6, 6.07) is 19.5. The SMILES string of the molecule is CCCCc1ccccc1N1C(=O)CSC1=NC(=S)NNC(C)c1ccc(-c2ncn(-c3ccc(OC(F)(F)C(F)(F)F)cc3)n2)cc1. The van der Waals surface area contributed by atoms with E-state index in [0.717, 1.165) is 48.2 Å². The van der Waals surface area contributed by atoms with Crippen molar-refractivity contribution in [2.45, 2.75) is 51.4 Å². The average Bonchev–Trinajstić information content (AvgIpc) is 3.69. The van der Waals surface area contributed by atoms with E-state index in [1.807, 2.05) is 55.5 Å². The summed E-state index contributed by atoms with van der Waals surface area (Å²) < 4.78 is 68.8. The Hall–Kier alpha value is -4.41. The van der Waals surface area contributed by atoms with Crippen molar-refractivity contribution in [2.75, 3.05) is 10.7 Å². The highest BCUT2D eigenvalue weighted by molar-refractivity contribution is 8.15. The van der Waals surface area contributed by atoms with E-state index < -0.39 is 18.0 Å². The van der Waals surface area contributed by atoms with Crippen LogP contribution in [0.2, 0.25) is 0 Å². The van der Waals surface area contributed by atoms with Crippen LogP contribution < -0.4 is 20.5 Å². The molecule has 0 aliphatic carbocycles. The highest BCUT2D eigenvalue weighted by Gasteiger charge is 2.61. The van der Waals surface area contributed by atoms with E-state index in [9.17, 15) is 26.7 Å². The maximum Gasteiger partial charge on any atom is 0.499 e. The summed E-state index contributed by atoms with van der Waals surface area (Å²) in [5.41, 5.74) is 9.94. The monoisotopic (exact) mass is 703 g/mol. The fourth-order valence-electron chi connectivity index (χ4n) is 4.67. The molecule has 9 nitrogen and oxygen atoms in total. The Balaban J connectivity index is 1.18. The number of thiocarbonyl (C=S) groups is 1. The van der Waals surface area contributed by atoms with E-state index in [1.54, 1.807) is 4.90 Å². The van der Waals surface area contributed by atoms with Gasteiger partial charge in [-0.3, -0.25) is 15.1 Å². The van der Waals surface area contributed by atoms with Gasteiger partial charge in [0.2, 0.25) is 11.0 Å². The molecule has 5 rings (SSSR count). The van der Waals surface area contributed by atoms with Crippen molar-refractivity contribution in [2.24, 2.45) is 4.99 Å². The van der Waals surface area contributed by atoms with Crippen LogP contribution >= 0.6 is 24.0 Å². The van der Waals surface area contributed by atoms with E-state index >= 15 is 0 Å². The number of unbranched alkanes of at least 4 members (excludes halogenated alkanes) is 1. The number of hydrazine groups is 1. The minimum atomic E-state index is -5.84. The maximum absolute atomic E-state index is 13.2. The fourth-order valence-corrected chi connectivity index (χ4v) is 5.74. The molecule has 2 heterocycles. The van der Waals surface area contributed by atoms with Crippen molar-refractivity contribution in [3.8, 4) is 22.8 Å². The van der Waals surface area contributed by atoms with Crippen LogP contribution in [-0.2, 0) is 11.2 Å². The summed E-state index contributed by atoms with van der Waals surface area (Å²) in [5, 5.41) is 5.07. The number of hydrogen-bond donors (Lipinski definition) is 2. The molecule has 1 atom stereocenters. The van der Waals surface area contributed by atoms with Crippen molar-refractivity contribution < 1.29 is 31.5 Å². The molecule has 1 amide bonds. The highest BCUT2D eigenvalue weighted by atomic mass is 32.2. The Bertz CT molecular complexity index is 1780. The number of nitrogens with one attached hydrogen (secondary N) is 2. The summed E-state index contributed by atoms with van der Waals surface area (Å²) in [5.74, 6) is -0.0573. The topological polar surface area (TPSA) is 96.7 Å². The van der Waals surface area contributed by atoms with Crippen molar-refractivity contribution in [3.05, 3.63) is 90.3 Å². The first kappa shape index (κ1) is 34.9. The first-order valence-corrected chi connectivity index (χ1v) is 16.2. The summed E-state index contributed by atoms with van der Waals surface area (Å²) in [6.07, 6.45) is -6.85. The van der Waals surface area contributed by atoms with Crippen LogP contribution in [0.25, 0.3) is 17.1 Å². The van der Waals surface area contributed by atoms with Gasteiger partial charge in [0.15, 0.2) is 11.0 Å². The molecule has 4 aromatic rings. The molecule has 0 radical (unpaired) electrons. The second-order valence-corrected chi connectivity index (χ2v) is 12.0. The zero-order valence-corrected chi connectivity index (χ0v) is 27.3. The van der Waals surface area contributed by atoms with Gasteiger partial charge in [0.25, 0.3) is 0 Å². The molecule has 1 aliphatic heterocycles. The largest absolute Gasteiger partial charge is 0.499 e. The second-order valence-electron chi connectivity index (χ2n) is 10.7. The van der Waals surface area contributed by atoms with Crippen LogP contribution in [0.15, 0.2) is 84.1 Å². The lowest BCUT2D eigenvalue weighted by Gasteiger charge is -2.20. The van der Waals surface area contributed by atoms with Crippen molar-refractivity contribution in [1.82, 2.24) is 25.6 Å². The smallest absolute Gasteiger partial charge is 0.426 e. The number of rotatable bonds is 11. The molecule has 0 saturated carbocycles. The van der Waals surface area contributed by atoms with Gasteiger partial charge in [-0.1, -0.05) is 67.6 Å². The number of benzene rings is 3. The number of para-hydroxylation sites is 1. The Labute approximate surface area is 282 Å². The summed E-state index contributed by atoms with van der Waals surface area (Å²) in [7, 11) is 0. The first-order valence-electron chi connectivity index (χ1n) is 14.8. The molecule has 1 saturated heterocycles. The highest BCUT2D eigenvalue weighted by Crippen LogP contribution is 2.37. The Kier molecular flexibility index (Phi) is 10.8. The van der Waals surface area contributed by atoms with Gasteiger partial charge in [-0.05, 0) is 73.4 Å². The van der Waals surface area contributed by atoms with Gasteiger partial charge >= 0.3 is 12.3 Å². The summed E-state index contributed by atoms with van der Waals surface area (Å²) in [6.45, 7) is 4.05. The van der Waals surface area contributed by atoms with Crippen LogP contribution in [0.3, 0.4) is 0 Å². The first-order chi connectivity index (χ1) is 22.9. The van der Waals surface area contributed by atoms with E-state index in [1.165, 1.54) is 34.9 Å². The number of carbonyl (C=O) groups excluding carboxylic acids is 1. The van der Waals surface area contributed by atoms with Crippen LogP contribution in [0, 0.1) is 0 Å². The number of halogens is 5. The number of carbonyl (C=O) groups is 1. The molecule has 16 heteroatoms. The lowest BCUT2D eigenvalue weighted by Crippen LogP contribution is -2.41. The lowest BCUT2D eigenvalue weighted by molar-refractivity contribution is -0.360. The van der Waals surface area contributed by atoms with Gasteiger partial charge in [0.1, 0.15) is 12.1 Å². The van der Waals surface area contributed by atoms with Gasteiger partial charge in [-0.15, -0.1) is 5.10 Å². The number of amidine groups is 1. The van der Waals surface area contributed by atoms with Gasteiger partial charge < -0.3 is 4.74 Å². The van der Waals surface area contributed by atoms with Gasteiger partial charge in [0.05, 0.1) is 17.1 Å². The average molecular weight is 704 g/mol. The lowest BCUT2D eigenvalue weighted by atomic mass is 10.1. The number of aromatic nitrogens is 3. The third kappa shape index (κ3) is 8.17. The number of amides is 1. The van der Waals surface area contributed by atoms with Crippen molar-refractivity contribution in [3.63, 3.8) is 0 Å². The van der Waals surface area contributed by atoms with E-state index in [-0.39, 0.29) is 22.8 Å². The third-order valence-electron chi connectivity index (χ3n) is 7.23. The molecule has 48 heavy (non-hydrogen) atoms. The number of aliphatic imine (C=N–C) groups is 1. The minimum absolute atomic E-state index is 0.0500. The zero-order chi connectivity index (χ0) is 34.5. The van der Waals surface area contributed by atoms with Gasteiger partial charge in [-0.25, -0.2) is 15.1 Å². The quantitative estimate of drug-likeness (QED) is 0.0949. The van der Waals surface area contributed by atoms with Crippen LogP contribution in [0.4, 0.5) is 27.6 Å². The molecule has 2 N–H and O–H groups in total. The maximum atomic E-state index is 13.2. The molecule has 1 unspecified atom stereocenters. The molecular weight excluding hydrogens is 674 g/mol. The molecule has 3 aromatic carbocycles. The molecule has 0 bridgehead atoms. The van der Waals surface area contributed by atoms with Crippen molar-refractivity contribution in [1.29, 1.82) is 0 Å². The van der Waals surface area contributed by atoms with Crippen LogP contribution in [0.1, 0.15) is 43.9 Å². The van der Waals surface area contributed by atoms with E-state index in [2.05, 4.69) is 37.6 Å². The molecular formula is C32H30F5N7O2S2. The van der Waals surface area contributed by atoms with Crippen molar-refractivity contribution >= 4 is 45.9 Å². The summed E-state index contributed by atoms with van der Waals surface area (Å²) in [4.78, 5) is 23.2. The zero-order valence-electron chi connectivity index (χ0n) is 25.7. The van der Waals surface area contributed by atoms with E-state index in [0.29, 0.717) is 22.2 Å². The predicted octanol–water partition coefficient (Wildman–Crippen LogP) is 7.39. The normalized spacial score (nSPS) is 15.2. The van der Waals surface area contributed by atoms with Crippen LogP contribution in [-0.4, -0.2) is 49.0 Å². The molecule has 1 aliphatic rings. The second kappa shape index (κ2) is 14.8. The Morgan fingerprint density at radius 2 is 1.77 bits per heavy atom. The number of thioether (sulfide) groups is 1. The number of aryl methyl sites for hydroxylation is 1. The number of nitrogens with zero attached hydrogens (tertiary/aromatic N) is 5. The van der Waals surface area contributed by atoms with Gasteiger partial charge in [-0.2, -0.15) is 26.9 Å².